The molecule has 1 saturated heterocycles. The summed E-state index contributed by atoms with van der Waals surface area (Å²) in [6.45, 7) is 6.19. The van der Waals surface area contributed by atoms with E-state index < -0.39 is 11.4 Å². The van der Waals surface area contributed by atoms with Crippen LogP contribution in [-0.4, -0.2) is 35.9 Å². The summed E-state index contributed by atoms with van der Waals surface area (Å²) in [5, 5.41) is 9.62. The molecular formula is C17H21NO4. The molecule has 0 spiro atoms. The molecule has 1 atom stereocenters. The molecular weight excluding hydrogens is 282 g/mol. The number of nitrogens with zero attached hydrogens (tertiary/aromatic N) is 1. The second kappa shape index (κ2) is 6.01. The fraction of sp³-hybridized carbons (Fsp3) is 0.471. The van der Waals surface area contributed by atoms with Gasteiger partial charge < -0.3 is 14.6 Å². The van der Waals surface area contributed by atoms with Gasteiger partial charge >= 0.3 is 5.97 Å². The zero-order valence-corrected chi connectivity index (χ0v) is 12.6. The molecule has 0 aliphatic carbocycles. The summed E-state index contributed by atoms with van der Waals surface area (Å²) in [4.78, 5) is 13.9. The Morgan fingerprint density at radius 3 is 3.00 bits per heavy atom. The van der Waals surface area contributed by atoms with Crippen LogP contribution in [0.5, 0.6) is 11.5 Å². The third-order valence-electron chi connectivity index (χ3n) is 4.49. The molecule has 22 heavy (non-hydrogen) atoms. The lowest BCUT2D eigenvalue weighted by Crippen LogP contribution is -2.47. The highest BCUT2D eigenvalue weighted by atomic mass is 16.7. The number of fused-ring (bicyclic) bond motifs is 1. The second-order valence-electron chi connectivity index (χ2n) is 6.08. The van der Waals surface area contributed by atoms with Gasteiger partial charge in [-0.1, -0.05) is 12.1 Å². The van der Waals surface area contributed by atoms with Crippen LogP contribution >= 0.6 is 0 Å². The molecule has 2 aliphatic rings. The van der Waals surface area contributed by atoms with Gasteiger partial charge in [-0.15, -0.1) is 6.58 Å². The van der Waals surface area contributed by atoms with Gasteiger partial charge in [0.25, 0.3) is 0 Å². The van der Waals surface area contributed by atoms with Crippen LogP contribution in [0.25, 0.3) is 0 Å². The number of rotatable bonds is 5. The Hall–Kier alpha value is -2.01. The molecule has 5 heteroatoms. The number of aliphatic carboxylic acids is 1. The minimum absolute atomic E-state index is 0.268. The van der Waals surface area contributed by atoms with Crippen molar-refractivity contribution in [3.8, 4) is 11.5 Å². The first-order valence-electron chi connectivity index (χ1n) is 7.58. The van der Waals surface area contributed by atoms with E-state index in [0.717, 1.165) is 36.6 Å². The first-order valence-corrected chi connectivity index (χ1v) is 7.58. The molecule has 1 N–H and O–H groups in total. The predicted octanol–water partition coefficient (Wildman–Crippen LogP) is 2.66. The van der Waals surface area contributed by atoms with E-state index in [1.165, 1.54) is 0 Å². The fourth-order valence-electron chi connectivity index (χ4n) is 3.36. The largest absolute Gasteiger partial charge is 0.481 e. The summed E-state index contributed by atoms with van der Waals surface area (Å²) in [6, 6.07) is 5.90. The Bertz CT molecular complexity index is 586. The Kier molecular flexibility index (Phi) is 4.07. The molecule has 3 rings (SSSR count). The van der Waals surface area contributed by atoms with Crippen LogP contribution in [-0.2, 0) is 11.3 Å². The summed E-state index contributed by atoms with van der Waals surface area (Å²) < 4.78 is 10.7. The monoisotopic (exact) mass is 303 g/mol. The van der Waals surface area contributed by atoms with Crippen LogP contribution in [0.3, 0.4) is 0 Å². The van der Waals surface area contributed by atoms with Gasteiger partial charge in [0, 0.05) is 13.1 Å². The Morgan fingerprint density at radius 1 is 1.41 bits per heavy atom. The van der Waals surface area contributed by atoms with Crippen LogP contribution in [0.2, 0.25) is 0 Å². The lowest BCUT2D eigenvalue weighted by atomic mass is 9.77. The SMILES string of the molecule is C=CC[C@@]1(C(=O)O)CCCN(Cc2ccc3c(c2)OCO3)C1. The van der Waals surface area contributed by atoms with Crippen LogP contribution in [0.15, 0.2) is 30.9 Å². The second-order valence-corrected chi connectivity index (χ2v) is 6.08. The van der Waals surface area contributed by atoms with Crippen molar-refractivity contribution >= 4 is 5.97 Å². The number of carboxylic acid groups (broad SMARTS) is 1. The van der Waals surface area contributed by atoms with Crippen molar-refractivity contribution in [1.29, 1.82) is 0 Å². The van der Waals surface area contributed by atoms with E-state index in [4.69, 9.17) is 9.47 Å². The standard InChI is InChI=1S/C17H21NO4/c1-2-6-17(16(19)20)7-3-8-18(11-17)10-13-4-5-14-15(9-13)22-12-21-14/h2,4-5,9H,1,3,6-8,10-12H2,(H,19,20)/t17-/m1/s1. The summed E-state index contributed by atoms with van der Waals surface area (Å²) in [7, 11) is 0. The summed E-state index contributed by atoms with van der Waals surface area (Å²) in [5.74, 6) is 0.821. The van der Waals surface area contributed by atoms with Crippen LogP contribution in [0.4, 0.5) is 0 Å². The minimum atomic E-state index is -0.720. The smallest absolute Gasteiger partial charge is 0.311 e. The molecule has 5 nitrogen and oxygen atoms in total. The summed E-state index contributed by atoms with van der Waals surface area (Å²) in [5.41, 5.74) is 0.417. The molecule has 2 heterocycles. The number of carbonyl (C=O) groups is 1. The third-order valence-corrected chi connectivity index (χ3v) is 4.49. The number of allylic oxidation sites excluding steroid dienone is 1. The number of likely N-dealkylation sites (tertiary alicyclic amines) is 1. The predicted molar refractivity (Wildman–Crippen MR) is 82.0 cm³/mol. The van der Waals surface area contributed by atoms with Crippen LogP contribution in [0.1, 0.15) is 24.8 Å². The van der Waals surface area contributed by atoms with E-state index in [2.05, 4.69) is 11.5 Å². The molecule has 1 aromatic carbocycles. The van der Waals surface area contributed by atoms with Gasteiger partial charge in [0.1, 0.15) is 0 Å². The van der Waals surface area contributed by atoms with Gasteiger partial charge in [-0.3, -0.25) is 9.69 Å². The summed E-state index contributed by atoms with van der Waals surface area (Å²) in [6.07, 6.45) is 3.84. The quantitative estimate of drug-likeness (QED) is 0.847. The van der Waals surface area contributed by atoms with Crippen molar-refractivity contribution in [3.05, 3.63) is 36.4 Å². The van der Waals surface area contributed by atoms with E-state index in [1.807, 2.05) is 18.2 Å². The van der Waals surface area contributed by atoms with E-state index in [-0.39, 0.29) is 6.79 Å². The molecule has 0 unspecified atom stereocenters. The van der Waals surface area contributed by atoms with E-state index in [9.17, 15) is 9.90 Å². The molecule has 118 valence electrons. The maximum atomic E-state index is 11.7. The van der Waals surface area contributed by atoms with E-state index >= 15 is 0 Å². The fourth-order valence-corrected chi connectivity index (χ4v) is 3.36. The molecule has 0 saturated carbocycles. The highest BCUT2D eigenvalue weighted by Gasteiger charge is 2.41. The van der Waals surface area contributed by atoms with Gasteiger partial charge in [0.2, 0.25) is 6.79 Å². The number of benzene rings is 1. The van der Waals surface area contributed by atoms with Crippen molar-refractivity contribution < 1.29 is 19.4 Å². The van der Waals surface area contributed by atoms with Gasteiger partial charge in [-0.05, 0) is 43.5 Å². The average molecular weight is 303 g/mol. The molecule has 0 radical (unpaired) electrons. The zero-order valence-electron chi connectivity index (χ0n) is 12.6. The number of ether oxygens (including phenoxy) is 2. The van der Waals surface area contributed by atoms with E-state index in [1.54, 1.807) is 6.08 Å². The lowest BCUT2D eigenvalue weighted by Gasteiger charge is -2.39. The first-order chi connectivity index (χ1) is 10.6. The lowest BCUT2D eigenvalue weighted by molar-refractivity contribution is -0.152. The summed E-state index contributed by atoms with van der Waals surface area (Å²) >= 11 is 0. The van der Waals surface area contributed by atoms with Crippen molar-refractivity contribution in [3.63, 3.8) is 0 Å². The van der Waals surface area contributed by atoms with Gasteiger partial charge in [0.15, 0.2) is 11.5 Å². The Morgan fingerprint density at radius 2 is 2.23 bits per heavy atom. The molecule has 1 aromatic rings. The highest BCUT2D eigenvalue weighted by molar-refractivity contribution is 5.75. The molecule has 0 aromatic heterocycles. The van der Waals surface area contributed by atoms with Crippen molar-refractivity contribution in [2.24, 2.45) is 5.41 Å². The molecule has 0 amide bonds. The minimum Gasteiger partial charge on any atom is -0.481 e. The van der Waals surface area contributed by atoms with E-state index in [0.29, 0.717) is 19.4 Å². The van der Waals surface area contributed by atoms with Gasteiger partial charge in [0.05, 0.1) is 5.41 Å². The maximum absolute atomic E-state index is 11.7. The third kappa shape index (κ3) is 2.81. The molecule has 2 aliphatic heterocycles. The number of hydrogen-bond donors (Lipinski definition) is 1. The number of carboxylic acids is 1. The highest BCUT2D eigenvalue weighted by Crippen LogP contribution is 2.36. The number of hydrogen-bond acceptors (Lipinski definition) is 4. The van der Waals surface area contributed by atoms with Crippen LogP contribution < -0.4 is 9.47 Å². The van der Waals surface area contributed by atoms with Gasteiger partial charge in [-0.25, -0.2) is 0 Å². The first kappa shape index (κ1) is 14.9. The maximum Gasteiger partial charge on any atom is 0.311 e. The Balaban J connectivity index is 1.72. The topological polar surface area (TPSA) is 59.0 Å². The molecule has 1 fully saturated rings. The van der Waals surface area contributed by atoms with Crippen molar-refractivity contribution in [2.45, 2.75) is 25.8 Å². The van der Waals surface area contributed by atoms with Crippen molar-refractivity contribution in [1.82, 2.24) is 4.90 Å². The number of piperidine rings is 1. The average Bonchev–Trinajstić information content (AvgIpc) is 2.95. The van der Waals surface area contributed by atoms with Crippen molar-refractivity contribution in [2.75, 3.05) is 19.9 Å². The Labute approximate surface area is 130 Å². The van der Waals surface area contributed by atoms with Gasteiger partial charge in [-0.2, -0.15) is 0 Å². The van der Waals surface area contributed by atoms with Crippen LogP contribution in [0, 0.1) is 5.41 Å². The molecule has 0 bridgehead atoms. The normalized spacial score (nSPS) is 24.2. The zero-order chi connectivity index (χ0) is 15.6.